The van der Waals surface area contributed by atoms with E-state index in [-0.39, 0.29) is 5.78 Å². The molecule has 110 valence electrons. The van der Waals surface area contributed by atoms with Gasteiger partial charge in [0.1, 0.15) is 0 Å². The molecule has 0 amide bonds. The van der Waals surface area contributed by atoms with Gasteiger partial charge in [0.15, 0.2) is 11.5 Å². The fourth-order valence-corrected chi connectivity index (χ4v) is 2.98. The summed E-state index contributed by atoms with van der Waals surface area (Å²) in [5.74, 6) is 0.481. The van der Waals surface area contributed by atoms with E-state index in [2.05, 4.69) is 20.8 Å². The van der Waals surface area contributed by atoms with Crippen LogP contribution in [0.15, 0.2) is 16.6 Å². The minimum absolute atomic E-state index is 0.0347. The molecule has 1 saturated heterocycles. The summed E-state index contributed by atoms with van der Waals surface area (Å²) >= 11 is 3.35. The van der Waals surface area contributed by atoms with Crippen LogP contribution in [0, 0.1) is 0 Å². The largest absolute Gasteiger partial charge is 0.491 e. The van der Waals surface area contributed by atoms with E-state index in [9.17, 15) is 4.79 Å². The van der Waals surface area contributed by atoms with Gasteiger partial charge in [-0.25, -0.2) is 0 Å². The Morgan fingerprint density at radius 3 is 2.75 bits per heavy atom. The van der Waals surface area contributed by atoms with Crippen molar-refractivity contribution >= 4 is 27.4 Å². The minimum Gasteiger partial charge on any atom is -0.491 e. The lowest BCUT2D eigenvalue weighted by Gasteiger charge is -2.16. The number of ether oxygens (including phenoxy) is 1. The molecule has 0 bridgehead atoms. The fraction of sp³-hybridized carbons (Fsp3) is 0.533. The SMILES string of the molecule is CC(=O)c1cc(Br)cc(N)c1OCCCN1CCCC1. The number of halogens is 1. The van der Waals surface area contributed by atoms with Crippen LogP contribution >= 0.6 is 15.9 Å². The van der Waals surface area contributed by atoms with Crippen molar-refractivity contribution in [3.63, 3.8) is 0 Å². The molecule has 0 atom stereocenters. The van der Waals surface area contributed by atoms with E-state index in [1.54, 1.807) is 12.1 Å². The molecule has 1 heterocycles. The van der Waals surface area contributed by atoms with Crippen LogP contribution in [-0.4, -0.2) is 36.9 Å². The third-order valence-corrected chi connectivity index (χ3v) is 3.98. The van der Waals surface area contributed by atoms with Gasteiger partial charge in [-0.2, -0.15) is 0 Å². The smallest absolute Gasteiger partial charge is 0.163 e. The molecule has 0 spiro atoms. The Balaban J connectivity index is 1.92. The Morgan fingerprint density at radius 1 is 1.40 bits per heavy atom. The number of Topliss-reactive ketones (excluding diaryl/α,β-unsaturated/α-hetero) is 1. The summed E-state index contributed by atoms with van der Waals surface area (Å²) in [6, 6.07) is 3.52. The summed E-state index contributed by atoms with van der Waals surface area (Å²) in [4.78, 5) is 14.1. The molecular weight excluding hydrogens is 320 g/mol. The highest BCUT2D eigenvalue weighted by Gasteiger charge is 2.14. The van der Waals surface area contributed by atoms with Gasteiger partial charge in [0.05, 0.1) is 17.9 Å². The van der Waals surface area contributed by atoms with Gasteiger partial charge in [-0.3, -0.25) is 4.79 Å². The topological polar surface area (TPSA) is 55.6 Å². The van der Waals surface area contributed by atoms with Crippen molar-refractivity contribution in [3.8, 4) is 5.75 Å². The summed E-state index contributed by atoms with van der Waals surface area (Å²) in [5.41, 5.74) is 6.99. The van der Waals surface area contributed by atoms with E-state index in [0.29, 0.717) is 23.6 Å². The number of likely N-dealkylation sites (tertiary alicyclic amines) is 1. The van der Waals surface area contributed by atoms with E-state index in [0.717, 1.165) is 17.4 Å². The van der Waals surface area contributed by atoms with Gasteiger partial charge in [-0.05, 0) is 51.4 Å². The second kappa shape index (κ2) is 7.09. The quantitative estimate of drug-likeness (QED) is 0.491. The van der Waals surface area contributed by atoms with Crippen LogP contribution in [0.4, 0.5) is 5.69 Å². The Bertz CT molecular complexity index is 485. The van der Waals surface area contributed by atoms with E-state index >= 15 is 0 Å². The van der Waals surface area contributed by atoms with Crippen LogP contribution in [0.5, 0.6) is 5.75 Å². The van der Waals surface area contributed by atoms with Gasteiger partial charge >= 0.3 is 0 Å². The first-order chi connectivity index (χ1) is 9.58. The van der Waals surface area contributed by atoms with Gasteiger partial charge in [0.2, 0.25) is 0 Å². The van der Waals surface area contributed by atoms with E-state index in [4.69, 9.17) is 10.5 Å². The Kier molecular flexibility index (Phi) is 5.43. The maximum absolute atomic E-state index is 11.6. The third kappa shape index (κ3) is 3.96. The van der Waals surface area contributed by atoms with E-state index < -0.39 is 0 Å². The Hall–Kier alpha value is -1.07. The minimum atomic E-state index is -0.0347. The normalized spacial score (nSPS) is 15.5. The molecule has 0 saturated carbocycles. The molecule has 5 heteroatoms. The maximum Gasteiger partial charge on any atom is 0.163 e. The molecule has 2 N–H and O–H groups in total. The first kappa shape index (κ1) is 15.3. The van der Waals surface area contributed by atoms with Crippen molar-refractivity contribution in [2.45, 2.75) is 26.2 Å². The highest BCUT2D eigenvalue weighted by molar-refractivity contribution is 9.10. The average molecular weight is 341 g/mol. The molecule has 1 aromatic carbocycles. The molecule has 1 aliphatic rings. The Labute approximate surface area is 128 Å². The molecular formula is C15H21BrN2O2. The zero-order valence-corrected chi connectivity index (χ0v) is 13.4. The molecule has 2 rings (SSSR count). The van der Waals surface area contributed by atoms with E-state index in [1.165, 1.54) is 32.9 Å². The third-order valence-electron chi connectivity index (χ3n) is 3.53. The summed E-state index contributed by atoms with van der Waals surface area (Å²) in [6.07, 6.45) is 3.55. The number of benzene rings is 1. The van der Waals surface area contributed by atoms with Gasteiger partial charge in [-0.1, -0.05) is 15.9 Å². The first-order valence-electron chi connectivity index (χ1n) is 7.03. The first-order valence-corrected chi connectivity index (χ1v) is 7.82. The van der Waals surface area contributed by atoms with Crippen LogP contribution in [-0.2, 0) is 0 Å². The van der Waals surface area contributed by atoms with Crippen LogP contribution < -0.4 is 10.5 Å². The predicted molar refractivity (Wildman–Crippen MR) is 84.3 cm³/mol. The average Bonchev–Trinajstić information content (AvgIpc) is 2.88. The van der Waals surface area contributed by atoms with E-state index in [1.807, 2.05) is 0 Å². The number of ketones is 1. The molecule has 0 aromatic heterocycles. The van der Waals surface area contributed by atoms with Crippen LogP contribution in [0.25, 0.3) is 0 Å². The van der Waals surface area contributed by atoms with Crippen molar-refractivity contribution in [2.24, 2.45) is 0 Å². The molecule has 0 aliphatic carbocycles. The number of nitrogen functional groups attached to an aromatic ring is 1. The van der Waals surface area contributed by atoms with Crippen molar-refractivity contribution in [1.82, 2.24) is 4.90 Å². The van der Waals surface area contributed by atoms with Crippen molar-refractivity contribution < 1.29 is 9.53 Å². The molecule has 4 nitrogen and oxygen atoms in total. The summed E-state index contributed by atoms with van der Waals surface area (Å²) in [6.45, 7) is 5.55. The monoisotopic (exact) mass is 340 g/mol. The lowest BCUT2D eigenvalue weighted by Crippen LogP contribution is -2.22. The number of carbonyl (C=O) groups excluding carboxylic acids is 1. The molecule has 1 aromatic rings. The number of hydrogen-bond acceptors (Lipinski definition) is 4. The molecule has 1 aliphatic heterocycles. The fourth-order valence-electron chi connectivity index (χ4n) is 2.51. The van der Waals surface area contributed by atoms with Crippen LogP contribution in [0.1, 0.15) is 36.5 Å². The number of carbonyl (C=O) groups is 1. The van der Waals surface area contributed by atoms with Crippen molar-refractivity contribution in [3.05, 3.63) is 22.2 Å². The molecule has 20 heavy (non-hydrogen) atoms. The van der Waals surface area contributed by atoms with Gasteiger partial charge in [0.25, 0.3) is 0 Å². The molecule has 1 fully saturated rings. The van der Waals surface area contributed by atoms with Crippen molar-refractivity contribution in [1.29, 1.82) is 0 Å². The Morgan fingerprint density at radius 2 is 2.10 bits per heavy atom. The number of hydrogen-bond donors (Lipinski definition) is 1. The lowest BCUT2D eigenvalue weighted by atomic mass is 10.1. The molecule has 0 radical (unpaired) electrons. The highest BCUT2D eigenvalue weighted by Crippen LogP contribution is 2.31. The number of rotatable bonds is 6. The number of nitrogens with zero attached hydrogens (tertiary/aromatic N) is 1. The van der Waals surface area contributed by atoms with Crippen molar-refractivity contribution in [2.75, 3.05) is 32.0 Å². The van der Waals surface area contributed by atoms with Gasteiger partial charge in [-0.15, -0.1) is 0 Å². The second-order valence-electron chi connectivity index (χ2n) is 5.18. The summed E-state index contributed by atoms with van der Waals surface area (Å²) < 4.78 is 6.55. The predicted octanol–water partition coefficient (Wildman–Crippen LogP) is 3.10. The summed E-state index contributed by atoms with van der Waals surface area (Å²) in [7, 11) is 0. The maximum atomic E-state index is 11.6. The van der Waals surface area contributed by atoms with Gasteiger partial charge < -0.3 is 15.4 Å². The lowest BCUT2D eigenvalue weighted by molar-refractivity contribution is 0.101. The van der Waals surface area contributed by atoms with Crippen LogP contribution in [0.3, 0.4) is 0 Å². The highest BCUT2D eigenvalue weighted by atomic mass is 79.9. The standard InChI is InChI=1S/C15H21BrN2O2/c1-11(19)13-9-12(16)10-14(17)15(13)20-8-4-7-18-5-2-3-6-18/h9-10H,2-8,17H2,1H3. The number of nitrogens with two attached hydrogens (primary N) is 1. The number of anilines is 1. The summed E-state index contributed by atoms with van der Waals surface area (Å²) in [5, 5.41) is 0. The zero-order chi connectivity index (χ0) is 14.5. The van der Waals surface area contributed by atoms with Crippen LogP contribution in [0.2, 0.25) is 0 Å². The second-order valence-corrected chi connectivity index (χ2v) is 6.09. The zero-order valence-electron chi connectivity index (χ0n) is 11.8. The van der Waals surface area contributed by atoms with Gasteiger partial charge in [0, 0.05) is 11.0 Å². The molecule has 0 unspecified atom stereocenters.